The summed E-state index contributed by atoms with van der Waals surface area (Å²) in [6.45, 7) is 0. The molecule has 1 atom stereocenters. The van der Waals surface area contributed by atoms with Crippen LogP contribution in [-0.2, 0) is 9.84 Å². The van der Waals surface area contributed by atoms with Crippen molar-refractivity contribution >= 4 is 15.9 Å². The Hall–Kier alpha value is -1.61. The molecule has 1 aromatic rings. The van der Waals surface area contributed by atoms with Gasteiger partial charge in [0.15, 0.2) is 9.84 Å². The Morgan fingerprint density at radius 3 is 2.75 bits per heavy atom. The highest BCUT2D eigenvalue weighted by atomic mass is 32.2. The van der Waals surface area contributed by atoms with Crippen LogP contribution in [-0.4, -0.2) is 13.7 Å². The third kappa shape index (κ3) is 1.21. The molecule has 0 N–H and O–H groups in total. The van der Waals surface area contributed by atoms with Gasteiger partial charge in [-0.25, -0.2) is 8.42 Å². The quantitative estimate of drug-likeness (QED) is 0.685. The summed E-state index contributed by atoms with van der Waals surface area (Å²) >= 11 is 0. The van der Waals surface area contributed by atoms with Crippen LogP contribution < -0.4 is 0 Å². The molecule has 1 unspecified atom stereocenters. The standard InChI is InChI=1S/C13H10O2S/c14-16(15)12-7-3-1-5-10(12)9-11-6-2-4-8-13(11)16/h1-9,12H. The van der Waals surface area contributed by atoms with Gasteiger partial charge in [0, 0.05) is 0 Å². The lowest BCUT2D eigenvalue weighted by atomic mass is 10.0. The van der Waals surface area contributed by atoms with Crippen LogP contribution in [0.15, 0.2) is 59.0 Å². The van der Waals surface area contributed by atoms with Gasteiger partial charge in [-0.1, -0.05) is 42.5 Å². The first-order valence-corrected chi connectivity index (χ1v) is 6.63. The van der Waals surface area contributed by atoms with Crippen molar-refractivity contribution in [3.8, 4) is 0 Å². The van der Waals surface area contributed by atoms with Crippen LogP contribution in [0.4, 0.5) is 0 Å². The fraction of sp³-hybridized carbons (Fsp3) is 0.0769. The van der Waals surface area contributed by atoms with Crippen LogP contribution in [0.5, 0.6) is 0 Å². The van der Waals surface area contributed by atoms with Gasteiger partial charge in [0.1, 0.15) is 5.25 Å². The molecule has 80 valence electrons. The zero-order valence-corrected chi connectivity index (χ0v) is 9.31. The Balaban J connectivity index is 2.35. The molecule has 0 fully saturated rings. The predicted octanol–water partition coefficient (Wildman–Crippen LogP) is 2.35. The second kappa shape index (κ2) is 3.19. The molecule has 2 aliphatic rings. The van der Waals surface area contributed by atoms with E-state index in [2.05, 4.69) is 0 Å². The second-order valence-corrected chi connectivity index (χ2v) is 5.93. The van der Waals surface area contributed by atoms with E-state index in [0.717, 1.165) is 11.1 Å². The number of fused-ring (bicyclic) bond motifs is 2. The number of hydrogen-bond acceptors (Lipinski definition) is 2. The summed E-state index contributed by atoms with van der Waals surface area (Å²) in [6, 6.07) is 7.12. The van der Waals surface area contributed by atoms with Crippen molar-refractivity contribution in [1.29, 1.82) is 0 Å². The average Bonchev–Trinajstić information content (AvgIpc) is 2.29. The van der Waals surface area contributed by atoms with Crippen LogP contribution >= 0.6 is 0 Å². The fourth-order valence-electron chi connectivity index (χ4n) is 2.13. The molecule has 0 aromatic heterocycles. The third-order valence-corrected chi connectivity index (χ3v) is 4.98. The first-order valence-electron chi connectivity index (χ1n) is 5.09. The van der Waals surface area contributed by atoms with Gasteiger partial charge >= 0.3 is 0 Å². The Morgan fingerprint density at radius 1 is 1.06 bits per heavy atom. The summed E-state index contributed by atoms with van der Waals surface area (Å²) in [5.41, 5.74) is 1.63. The Morgan fingerprint density at radius 2 is 1.88 bits per heavy atom. The van der Waals surface area contributed by atoms with Crippen molar-refractivity contribution in [2.75, 3.05) is 0 Å². The second-order valence-electron chi connectivity index (χ2n) is 3.89. The highest BCUT2D eigenvalue weighted by Gasteiger charge is 2.33. The molecule has 1 heterocycles. The fourth-order valence-corrected chi connectivity index (χ4v) is 3.93. The maximum absolute atomic E-state index is 12.3. The summed E-state index contributed by atoms with van der Waals surface area (Å²) < 4.78 is 24.6. The molecule has 0 saturated heterocycles. The number of rotatable bonds is 0. The summed E-state index contributed by atoms with van der Waals surface area (Å²) in [4.78, 5) is 0.434. The topological polar surface area (TPSA) is 34.1 Å². The van der Waals surface area contributed by atoms with Gasteiger partial charge in [0.05, 0.1) is 4.90 Å². The first kappa shape index (κ1) is 9.60. The summed E-state index contributed by atoms with van der Waals surface area (Å²) in [5, 5.41) is -0.507. The monoisotopic (exact) mass is 230 g/mol. The number of benzene rings is 1. The Labute approximate surface area is 94.5 Å². The molecule has 1 aromatic carbocycles. The van der Waals surface area contributed by atoms with Crippen molar-refractivity contribution in [3.05, 3.63) is 59.7 Å². The maximum atomic E-state index is 12.3. The summed E-state index contributed by atoms with van der Waals surface area (Å²) in [6.07, 6.45) is 9.19. The van der Waals surface area contributed by atoms with E-state index in [1.165, 1.54) is 0 Å². The number of sulfone groups is 1. The van der Waals surface area contributed by atoms with Gasteiger partial charge in [-0.05, 0) is 23.3 Å². The van der Waals surface area contributed by atoms with Crippen LogP contribution in [0.3, 0.4) is 0 Å². The largest absolute Gasteiger partial charge is 0.223 e. The molecule has 2 nitrogen and oxygen atoms in total. The number of hydrogen-bond donors (Lipinski definition) is 0. The highest BCUT2D eigenvalue weighted by Crippen LogP contribution is 2.34. The average molecular weight is 230 g/mol. The van der Waals surface area contributed by atoms with Gasteiger partial charge in [0.2, 0.25) is 0 Å². The van der Waals surface area contributed by atoms with E-state index in [0.29, 0.717) is 4.90 Å². The molecule has 3 rings (SSSR count). The van der Waals surface area contributed by atoms with Crippen LogP contribution in [0, 0.1) is 0 Å². The molecular formula is C13H10O2S. The van der Waals surface area contributed by atoms with E-state index in [9.17, 15) is 8.42 Å². The molecule has 1 aliphatic heterocycles. The zero-order valence-electron chi connectivity index (χ0n) is 8.50. The molecule has 0 spiro atoms. The Kier molecular flexibility index (Phi) is 1.91. The first-order chi connectivity index (χ1) is 7.69. The van der Waals surface area contributed by atoms with E-state index in [-0.39, 0.29) is 0 Å². The minimum Gasteiger partial charge on any atom is -0.223 e. The maximum Gasteiger partial charge on any atom is 0.189 e. The van der Waals surface area contributed by atoms with Crippen molar-refractivity contribution < 1.29 is 8.42 Å². The van der Waals surface area contributed by atoms with Crippen LogP contribution in [0.2, 0.25) is 0 Å². The zero-order chi connectivity index (χ0) is 11.2. The van der Waals surface area contributed by atoms with Crippen LogP contribution in [0.25, 0.3) is 6.08 Å². The smallest absolute Gasteiger partial charge is 0.189 e. The SMILES string of the molecule is O=S1(=O)c2ccccc2C=C2C=CC=CC21. The lowest BCUT2D eigenvalue weighted by molar-refractivity contribution is 0.592. The lowest BCUT2D eigenvalue weighted by Crippen LogP contribution is -2.25. The molecule has 16 heavy (non-hydrogen) atoms. The van der Waals surface area contributed by atoms with E-state index in [1.807, 2.05) is 30.4 Å². The minimum absolute atomic E-state index is 0.434. The van der Waals surface area contributed by atoms with Crippen molar-refractivity contribution in [2.24, 2.45) is 0 Å². The summed E-state index contributed by atoms with van der Waals surface area (Å²) in [5.74, 6) is 0. The number of allylic oxidation sites excluding steroid dienone is 3. The van der Waals surface area contributed by atoms with Gasteiger partial charge < -0.3 is 0 Å². The molecule has 0 bridgehead atoms. The van der Waals surface area contributed by atoms with E-state index < -0.39 is 15.1 Å². The molecule has 0 saturated carbocycles. The normalized spacial score (nSPS) is 24.5. The Bertz CT molecular complexity index is 634. The van der Waals surface area contributed by atoms with E-state index in [1.54, 1.807) is 24.3 Å². The molecule has 0 amide bonds. The van der Waals surface area contributed by atoms with Crippen molar-refractivity contribution in [3.63, 3.8) is 0 Å². The van der Waals surface area contributed by atoms with E-state index >= 15 is 0 Å². The summed E-state index contributed by atoms with van der Waals surface area (Å²) in [7, 11) is -3.25. The van der Waals surface area contributed by atoms with Crippen molar-refractivity contribution in [1.82, 2.24) is 0 Å². The molecule has 3 heteroatoms. The van der Waals surface area contributed by atoms with E-state index in [4.69, 9.17) is 0 Å². The van der Waals surface area contributed by atoms with Gasteiger partial charge in [-0.15, -0.1) is 0 Å². The minimum atomic E-state index is -3.25. The van der Waals surface area contributed by atoms with Gasteiger partial charge in [-0.3, -0.25) is 0 Å². The third-order valence-electron chi connectivity index (χ3n) is 2.90. The molecule has 0 radical (unpaired) electrons. The molecular weight excluding hydrogens is 220 g/mol. The van der Waals surface area contributed by atoms with Crippen LogP contribution in [0.1, 0.15) is 5.56 Å². The lowest BCUT2D eigenvalue weighted by Gasteiger charge is -2.23. The molecule has 1 aliphatic carbocycles. The van der Waals surface area contributed by atoms with Crippen molar-refractivity contribution in [2.45, 2.75) is 10.1 Å². The van der Waals surface area contributed by atoms with Gasteiger partial charge in [-0.2, -0.15) is 0 Å². The highest BCUT2D eigenvalue weighted by molar-refractivity contribution is 7.92. The van der Waals surface area contributed by atoms with Gasteiger partial charge in [0.25, 0.3) is 0 Å². The predicted molar refractivity (Wildman–Crippen MR) is 63.7 cm³/mol.